The van der Waals surface area contributed by atoms with Crippen LogP contribution in [0.1, 0.15) is 23.2 Å². The molecule has 0 bridgehead atoms. The van der Waals surface area contributed by atoms with E-state index >= 15 is 0 Å². The van der Waals surface area contributed by atoms with Crippen LogP contribution in [0.3, 0.4) is 0 Å². The van der Waals surface area contributed by atoms with Crippen LogP contribution < -0.4 is 4.72 Å². The number of piperidine rings is 1. The lowest BCUT2D eigenvalue weighted by molar-refractivity contribution is -0.0956. The first kappa shape index (κ1) is 22.4. The van der Waals surface area contributed by atoms with Crippen LogP contribution in [0.25, 0.3) is 0 Å². The molecular weight excluding hydrogens is 463 g/mol. The third-order valence-electron chi connectivity index (χ3n) is 5.43. The molecular formula is C21H22Cl2N2O5S. The summed E-state index contributed by atoms with van der Waals surface area (Å²) in [5.74, 6) is 0.223. The molecule has 2 aromatic rings. The fourth-order valence-corrected chi connectivity index (χ4v) is 5.60. The highest BCUT2D eigenvalue weighted by molar-refractivity contribution is 7.92. The second kappa shape index (κ2) is 9.34. The number of hydrogen-bond acceptors (Lipinski definition) is 5. The highest BCUT2D eigenvalue weighted by Gasteiger charge is 2.32. The van der Waals surface area contributed by atoms with E-state index in [1.807, 2.05) is 0 Å². The number of halogens is 2. The smallest absolute Gasteiger partial charge is 0.263 e. The number of nitrogens with zero attached hydrogens (tertiary/aromatic N) is 1. The van der Waals surface area contributed by atoms with Crippen LogP contribution in [-0.2, 0) is 19.5 Å². The van der Waals surface area contributed by atoms with Gasteiger partial charge in [-0.15, -0.1) is 0 Å². The molecule has 2 aromatic carbocycles. The minimum Gasteiger partial charge on any atom is -0.350 e. The van der Waals surface area contributed by atoms with Crippen molar-refractivity contribution >= 4 is 44.8 Å². The van der Waals surface area contributed by atoms with E-state index in [1.165, 1.54) is 18.2 Å². The van der Waals surface area contributed by atoms with E-state index in [9.17, 15) is 13.2 Å². The Bertz CT molecular complexity index is 1050. The van der Waals surface area contributed by atoms with Crippen molar-refractivity contribution in [2.24, 2.45) is 5.92 Å². The second-order valence-electron chi connectivity index (χ2n) is 7.50. The summed E-state index contributed by atoms with van der Waals surface area (Å²) >= 11 is 11.9. The number of ether oxygens (including phenoxy) is 2. The standard InChI is InChI=1S/C21H22Cl2N2O5S/c22-16-3-6-18(23)19(13-16)31(27,28)24-17-4-1-14(2-5-17)20(26)25-9-7-15(8-10-25)21-29-11-12-30-21/h1-6,13,15,21,24H,7-12H2. The molecule has 2 aliphatic rings. The quantitative estimate of drug-likeness (QED) is 0.692. The lowest BCUT2D eigenvalue weighted by Crippen LogP contribution is -2.41. The predicted molar refractivity (Wildman–Crippen MR) is 118 cm³/mol. The number of carbonyl (C=O) groups excluding carboxylic acids is 1. The Morgan fingerprint density at radius 1 is 1.00 bits per heavy atom. The molecule has 0 aliphatic carbocycles. The van der Waals surface area contributed by atoms with Gasteiger partial charge in [-0.25, -0.2) is 8.42 Å². The summed E-state index contributed by atoms with van der Waals surface area (Å²) in [7, 11) is -3.92. The molecule has 10 heteroatoms. The van der Waals surface area contributed by atoms with Gasteiger partial charge < -0.3 is 14.4 Å². The van der Waals surface area contributed by atoms with Crippen LogP contribution in [0, 0.1) is 5.92 Å². The number of rotatable bonds is 5. The van der Waals surface area contributed by atoms with Gasteiger partial charge in [-0.1, -0.05) is 23.2 Å². The molecule has 0 spiro atoms. The van der Waals surface area contributed by atoms with E-state index in [2.05, 4.69) is 4.72 Å². The lowest BCUT2D eigenvalue weighted by Gasteiger charge is -2.33. The monoisotopic (exact) mass is 484 g/mol. The van der Waals surface area contributed by atoms with E-state index in [0.717, 1.165) is 12.8 Å². The first-order valence-electron chi connectivity index (χ1n) is 9.94. The SMILES string of the molecule is O=C(c1ccc(NS(=O)(=O)c2cc(Cl)ccc2Cl)cc1)N1CCC(C2OCCO2)CC1. The molecule has 7 nitrogen and oxygen atoms in total. The molecule has 2 fully saturated rings. The zero-order valence-corrected chi connectivity index (χ0v) is 18.9. The Hall–Kier alpha value is -1.84. The zero-order valence-electron chi connectivity index (χ0n) is 16.6. The summed E-state index contributed by atoms with van der Waals surface area (Å²) in [6, 6.07) is 10.5. The molecule has 166 valence electrons. The van der Waals surface area contributed by atoms with E-state index < -0.39 is 10.0 Å². The molecule has 4 rings (SSSR count). The maximum Gasteiger partial charge on any atom is 0.263 e. The minimum absolute atomic E-state index is 0.0699. The van der Waals surface area contributed by atoms with Gasteiger partial charge >= 0.3 is 0 Å². The molecule has 31 heavy (non-hydrogen) atoms. The maximum absolute atomic E-state index is 12.8. The van der Waals surface area contributed by atoms with Crippen molar-refractivity contribution < 1.29 is 22.7 Å². The van der Waals surface area contributed by atoms with Gasteiger partial charge in [0.05, 0.1) is 18.2 Å². The normalized spacial score (nSPS) is 18.3. The highest BCUT2D eigenvalue weighted by Crippen LogP contribution is 2.28. The van der Waals surface area contributed by atoms with Crippen LogP contribution in [0.15, 0.2) is 47.4 Å². The molecule has 1 amide bonds. The lowest BCUT2D eigenvalue weighted by atomic mass is 9.95. The predicted octanol–water partition coefficient (Wildman–Crippen LogP) is 4.02. The van der Waals surface area contributed by atoms with Crippen LogP contribution >= 0.6 is 23.2 Å². The van der Waals surface area contributed by atoms with Crippen LogP contribution in [0.5, 0.6) is 0 Å². The van der Waals surface area contributed by atoms with Crippen molar-refractivity contribution in [3.8, 4) is 0 Å². The van der Waals surface area contributed by atoms with Crippen molar-refractivity contribution in [1.29, 1.82) is 0 Å². The Balaban J connectivity index is 1.39. The number of anilines is 1. The average Bonchev–Trinajstić information content (AvgIpc) is 3.30. The molecule has 2 saturated heterocycles. The van der Waals surface area contributed by atoms with Crippen molar-refractivity contribution in [2.75, 3.05) is 31.0 Å². The molecule has 0 aromatic heterocycles. The number of likely N-dealkylation sites (tertiary alicyclic amines) is 1. The van der Waals surface area contributed by atoms with Crippen molar-refractivity contribution in [3.63, 3.8) is 0 Å². The molecule has 0 saturated carbocycles. The third kappa shape index (κ3) is 5.15. The summed E-state index contributed by atoms with van der Waals surface area (Å²) in [6.07, 6.45) is 1.50. The zero-order chi connectivity index (χ0) is 22.0. The van der Waals surface area contributed by atoms with E-state index in [1.54, 1.807) is 29.2 Å². The van der Waals surface area contributed by atoms with Crippen LogP contribution in [-0.4, -0.2) is 51.8 Å². The Morgan fingerprint density at radius 3 is 2.29 bits per heavy atom. The largest absolute Gasteiger partial charge is 0.350 e. The summed E-state index contributed by atoms with van der Waals surface area (Å²) in [5.41, 5.74) is 0.817. The number of hydrogen-bond donors (Lipinski definition) is 1. The molecule has 2 heterocycles. The summed E-state index contributed by atoms with van der Waals surface area (Å²) in [4.78, 5) is 14.5. The van der Waals surface area contributed by atoms with Crippen molar-refractivity contribution in [1.82, 2.24) is 4.90 Å². The Morgan fingerprint density at radius 2 is 1.65 bits per heavy atom. The number of amides is 1. The number of carbonyl (C=O) groups is 1. The van der Waals surface area contributed by atoms with E-state index in [0.29, 0.717) is 43.5 Å². The van der Waals surface area contributed by atoms with Gasteiger partial charge in [-0.3, -0.25) is 9.52 Å². The Labute approximate surface area is 191 Å². The topological polar surface area (TPSA) is 84.9 Å². The minimum atomic E-state index is -3.92. The molecule has 1 N–H and O–H groups in total. The first-order valence-corrected chi connectivity index (χ1v) is 12.2. The first-order chi connectivity index (χ1) is 14.8. The third-order valence-corrected chi connectivity index (χ3v) is 7.52. The maximum atomic E-state index is 12.8. The van der Waals surface area contributed by atoms with Gasteiger partial charge in [0.1, 0.15) is 4.90 Å². The highest BCUT2D eigenvalue weighted by atomic mass is 35.5. The molecule has 0 radical (unpaired) electrons. The summed E-state index contributed by atoms with van der Waals surface area (Å²) in [5, 5.41) is 0.334. The average molecular weight is 485 g/mol. The number of nitrogens with one attached hydrogen (secondary N) is 1. The Kier molecular flexibility index (Phi) is 6.74. The van der Waals surface area contributed by atoms with E-state index in [4.69, 9.17) is 32.7 Å². The number of sulfonamides is 1. The van der Waals surface area contributed by atoms with Gasteiger partial charge in [0.2, 0.25) is 0 Å². The molecule has 2 aliphatic heterocycles. The summed E-state index contributed by atoms with van der Waals surface area (Å²) < 4.78 is 38.9. The van der Waals surface area contributed by atoms with Crippen LogP contribution in [0.4, 0.5) is 5.69 Å². The van der Waals surface area contributed by atoms with Gasteiger partial charge in [0.25, 0.3) is 15.9 Å². The second-order valence-corrected chi connectivity index (χ2v) is 9.99. The van der Waals surface area contributed by atoms with Gasteiger partial charge in [0.15, 0.2) is 6.29 Å². The number of benzene rings is 2. The van der Waals surface area contributed by atoms with Gasteiger partial charge in [0, 0.05) is 35.3 Å². The fraction of sp³-hybridized carbons (Fsp3) is 0.381. The molecule has 0 atom stereocenters. The molecule has 0 unspecified atom stereocenters. The summed E-state index contributed by atoms with van der Waals surface area (Å²) in [6.45, 7) is 2.52. The van der Waals surface area contributed by atoms with Gasteiger partial charge in [-0.2, -0.15) is 0 Å². The van der Waals surface area contributed by atoms with Crippen molar-refractivity contribution in [3.05, 3.63) is 58.1 Å². The van der Waals surface area contributed by atoms with E-state index in [-0.39, 0.29) is 27.1 Å². The van der Waals surface area contributed by atoms with Crippen LogP contribution in [0.2, 0.25) is 10.0 Å². The van der Waals surface area contributed by atoms with Crippen molar-refractivity contribution in [2.45, 2.75) is 24.0 Å². The fourth-order valence-electron chi connectivity index (χ4n) is 3.78. The van der Waals surface area contributed by atoms with Gasteiger partial charge in [-0.05, 0) is 55.3 Å².